The lowest BCUT2D eigenvalue weighted by Crippen LogP contribution is -2.41. The van der Waals surface area contributed by atoms with Crippen molar-refractivity contribution in [1.29, 1.82) is 0 Å². The van der Waals surface area contributed by atoms with Gasteiger partial charge in [-0.3, -0.25) is 4.79 Å². The summed E-state index contributed by atoms with van der Waals surface area (Å²) in [6.45, 7) is 8.02. The van der Waals surface area contributed by atoms with Crippen LogP contribution in [0.3, 0.4) is 0 Å². The molecule has 6 nitrogen and oxygen atoms in total. The monoisotopic (exact) mass is 437 g/mol. The molecule has 0 atom stereocenters. The summed E-state index contributed by atoms with van der Waals surface area (Å²) in [5.74, 6) is 0.213. The van der Waals surface area contributed by atoms with Crippen molar-refractivity contribution < 1.29 is 28.2 Å². The zero-order valence-corrected chi connectivity index (χ0v) is 19.2. The molecule has 0 N–H and O–H groups in total. The van der Waals surface area contributed by atoms with Gasteiger partial charge in [0.2, 0.25) is 0 Å². The topological polar surface area (TPSA) is 65.1 Å². The van der Waals surface area contributed by atoms with Crippen molar-refractivity contribution >= 4 is 11.9 Å². The fourth-order valence-electron chi connectivity index (χ4n) is 3.62. The first-order valence-corrected chi connectivity index (χ1v) is 11.1. The Bertz CT molecular complexity index is 723. The number of carbonyl (C=O) groups excluding carboxylic acids is 2. The van der Waals surface area contributed by atoms with Gasteiger partial charge in [0.25, 0.3) is 0 Å². The molecule has 1 aliphatic rings. The molecule has 0 saturated carbocycles. The van der Waals surface area contributed by atoms with Crippen LogP contribution in [0.15, 0.2) is 18.2 Å². The maximum atomic E-state index is 14.2. The number of benzene rings is 1. The molecule has 0 unspecified atom stereocenters. The number of methoxy groups -OCH3 is 1. The van der Waals surface area contributed by atoms with Gasteiger partial charge in [0, 0.05) is 39.3 Å². The minimum absolute atomic E-state index is 0.0974. The van der Waals surface area contributed by atoms with Crippen molar-refractivity contribution in [3.8, 4) is 5.75 Å². The number of ether oxygens (including phenoxy) is 3. The van der Waals surface area contributed by atoms with Gasteiger partial charge >= 0.3 is 6.09 Å². The SMILES string of the molecule is COCCCC(=O)c1ccc(OCCCC2CCN(C(=O)OC(C)(C)C)CC2)cc1F. The number of rotatable bonds is 10. The van der Waals surface area contributed by atoms with E-state index in [2.05, 4.69) is 0 Å². The van der Waals surface area contributed by atoms with Crippen molar-refractivity contribution in [3.05, 3.63) is 29.6 Å². The number of hydrogen-bond donors (Lipinski definition) is 0. The third-order valence-corrected chi connectivity index (χ3v) is 5.28. The van der Waals surface area contributed by atoms with E-state index in [-0.39, 0.29) is 23.9 Å². The van der Waals surface area contributed by atoms with Crippen LogP contribution < -0.4 is 4.74 Å². The quantitative estimate of drug-likeness (QED) is 0.370. The number of Topliss-reactive ketones (excluding diaryl/α,β-unsaturated/α-hetero) is 1. The van der Waals surface area contributed by atoms with Crippen molar-refractivity contribution in [2.24, 2.45) is 5.92 Å². The number of amides is 1. The average Bonchev–Trinajstić information content (AvgIpc) is 2.70. The van der Waals surface area contributed by atoms with E-state index in [1.54, 1.807) is 18.1 Å². The summed E-state index contributed by atoms with van der Waals surface area (Å²) >= 11 is 0. The molecule has 174 valence electrons. The van der Waals surface area contributed by atoms with Gasteiger partial charge in [-0.15, -0.1) is 0 Å². The molecule has 2 rings (SSSR count). The van der Waals surface area contributed by atoms with E-state index < -0.39 is 11.4 Å². The summed E-state index contributed by atoms with van der Waals surface area (Å²) in [7, 11) is 1.57. The molecule has 1 aromatic rings. The third kappa shape index (κ3) is 8.85. The Labute approximate surface area is 185 Å². The first-order chi connectivity index (χ1) is 14.7. The summed E-state index contributed by atoms with van der Waals surface area (Å²) in [5, 5.41) is 0. The Balaban J connectivity index is 1.67. The molecule has 0 aliphatic carbocycles. The number of likely N-dealkylation sites (tertiary alicyclic amines) is 1. The minimum atomic E-state index is -0.547. The number of carbonyl (C=O) groups is 2. The standard InChI is InChI=1S/C24H36FNO5/c1-24(2,3)31-23(28)26-13-11-18(12-14-26)7-5-16-30-19-9-10-20(21(25)17-19)22(27)8-6-15-29-4/h9-10,17-18H,5-8,11-16H2,1-4H3. The van der Waals surface area contributed by atoms with E-state index in [4.69, 9.17) is 14.2 Å². The predicted molar refractivity (Wildman–Crippen MR) is 117 cm³/mol. The van der Waals surface area contributed by atoms with Gasteiger partial charge in [-0.25, -0.2) is 9.18 Å². The molecule has 1 saturated heterocycles. The van der Waals surface area contributed by atoms with Crippen LogP contribution in [0.25, 0.3) is 0 Å². The van der Waals surface area contributed by atoms with E-state index in [1.165, 1.54) is 12.1 Å². The maximum absolute atomic E-state index is 14.2. The second kappa shape index (κ2) is 12.0. The van der Waals surface area contributed by atoms with E-state index in [1.807, 2.05) is 20.8 Å². The fourth-order valence-corrected chi connectivity index (χ4v) is 3.62. The van der Waals surface area contributed by atoms with Crippen molar-refractivity contribution in [3.63, 3.8) is 0 Å². The van der Waals surface area contributed by atoms with E-state index in [9.17, 15) is 14.0 Å². The molecule has 0 bridgehead atoms. The molecule has 0 spiro atoms. The Hall–Kier alpha value is -2.15. The molecular formula is C24H36FNO5. The summed E-state index contributed by atoms with van der Waals surface area (Å²) < 4.78 is 30.3. The lowest BCUT2D eigenvalue weighted by atomic mass is 9.92. The molecular weight excluding hydrogens is 401 g/mol. The van der Waals surface area contributed by atoms with Crippen LogP contribution >= 0.6 is 0 Å². The fraction of sp³-hybridized carbons (Fsp3) is 0.667. The molecule has 1 heterocycles. The predicted octanol–water partition coefficient (Wildman–Crippen LogP) is 5.24. The number of hydrogen-bond acceptors (Lipinski definition) is 5. The number of nitrogens with zero attached hydrogens (tertiary/aromatic N) is 1. The summed E-state index contributed by atoms with van der Waals surface area (Å²) in [4.78, 5) is 26.0. The molecule has 7 heteroatoms. The highest BCUT2D eigenvalue weighted by molar-refractivity contribution is 5.96. The Morgan fingerprint density at radius 2 is 1.84 bits per heavy atom. The summed E-state index contributed by atoms with van der Waals surface area (Å²) in [6, 6.07) is 4.42. The summed E-state index contributed by atoms with van der Waals surface area (Å²) in [6.07, 6.45) is 4.36. The van der Waals surface area contributed by atoms with Gasteiger partial charge in [-0.1, -0.05) is 0 Å². The highest BCUT2D eigenvalue weighted by Crippen LogP contribution is 2.24. The van der Waals surface area contributed by atoms with Crippen LogP contribution in [0, 0.1) is 11.7 Å². The number of halogens is 1. The van der Waals surface area contributed by atoms with Crippen LogP contribution in [0.2, 0.25) is 0 Å². The first-order valence-electron chi connectivity index (χ1n) is 11.1. The van der Waals surface area contributed by atoms with Gasteiger partial charge in [-0.2, -0.15) is 0 Å². The molecule has 0 radical (unpaired) electrons. The molecule has 31 heavy (non-hydrogen) atoms. The second-order valence-corrected chi connectivity index (χ2v) is 9.06. The summed E-state index contributed by atoms with van der Waals surface area (Å²) in [5.41, 5.74) is -0.375. The normalized spacial score (nSPS) is 15.1. The van der Waals surface area contributed by atoms with Crippen LogP contribution in [0.1, 0.15) is 69.7 Å². The van der Waals surface area contributed by atoms with Gasteiger partial charge in [0.15, 0.2) is 5.78 Å². The zero-order valence-electron chi connectivity index (χ0n) is 19.2. The van der Waals surface area contributed by atoms with Gasteiger partial charge in [-0.05, 0) is 70.9 Å². The smallest absolute Gasteiger partial charge is 0.410 e. The maximum Gasteiger partial charge on any atom is 0.410 e. The van der Waals surface area contributed by atoms with Crippen molar-refractivity contribution in [2.45, 2.75) is 64.9 Å². The number of ketones is 1. The van der Waals surface area contributed by atoms with Gasteiger partial charge < -0.3 is 19.1 Å². The first kappa shape index (κ1) is 25.1. The van der Waals surface area contributed by atoms with Crippen molar-refractivity contribution in [2.75, 3.05) is 33.4 Å². The van der Waals surface area contributed by atoms with Gasteiger partial charge in [0.05, 0.1) is 12.2 Å². The van der Waals surface area contributed by atoms with Crippen LogP contribution in [-0.4, -0.2) is 55.8 Å². The van der Waals surface area contributed by atoms with Crippen LogP contribution in [0.4, 0.5) is 9.18 Å². The molecule has 1 aliphatic heterocycles. The van der Waals surface area contributed by atoms with Crippen LogP contribution in [-0.2, 0) is 9.47 Å². The van der Waals surface area contributed by atoms with Crippen LogP contribution in [0.5, 0.6) is 5.75 Å². The average molecular weight is 438 g/mol. The Morgan fingerprint density at radius 3 is 2.45 bits per heavy atom. The van der Waals surface area contributed by atoms with E-state index in [0.717, 1.165) is 25.7 Å². The highest BCUT2D eigenvalue weighted by atomic mass is 19.1. The lowest BCUT2D eigenvalue weighted by Gasteiger charge is -2.33. The molecule has 1 amide bonds. The third-order valence-electron chi connectivity index (χ3n) is 5.28. The molecule has 1 fully saturated rings. The minimum Gasteiger partial charge on any atom is -0.493 e. The van der Waals surface area contributed by atoms with Gasteiger partial charge in [0.1, 0.15) is 17.2 Å². The largest absolute Gasteiger partial charge is 0.493 e. The van der Waals surface area contributed by atoms with E-state index in [0.29, 0.717) is 44.4 Å². The van der Waals surface area contributed by atoms with Crippen molar-refractivity contribution in [1.82, 2.24) is 4.90 Å². The molecule has 1 aromatic carbocycles. The molecule has 0 aromatic heterocycles. The number of piperidine rings is 1. The Morgan fingerprint density at radius 1 is 1.13 bits per heavy atom. The highest BCUT2D eigenvalue weighted by Gasteiger charge is 2.26. The lowest BCUT2D eigenvalue weighted by molar-refractivity contribution is 0.0179. The second-order valence-electron chi connectivity index (χ2n) is 9.06. The van der Waals surface area contributed by atoms with E-state index >= 15 is 0 Å². The zero-order chi connectivity index (χ0) is 22.9. The Kier molecular flexibility index (Phi) is 9.75.